The second-order valence-corrected chi connectivity index (χ2v) is 6.53. The van der Waals surface area contributed by atoms with Crippen LogP contribution in [0.15, 0.2) is 47.5 Å². The molecule has 0 amide bonds. The molecular formula is C15H16N2O5S. The first-order valence-electron chi connectivity index (χ1n) is 6.78. The quantitative estimate of drug-likeness (QED) is 0.866. The van der Waals surface area contributed by atoms with E-state index in [4.69, 9.17) is 4.74 Å². The van der Waals surface area contributed by atoms with Crippen LogP contribution in [0, 0.1) is 0 Å². The first-order valence-corrected chi connectivity index (χ1v) is 8.22. The third-order valence-electron chi connectivity index (χ3n) is 3.13. The smallest absolute Gasteiger partial charge is 0.337 e. The van der Waals surface area contributed by atoms with E-state index < -0.39 is 16.0 Å². The standard InChI is InChI=1S/C15H16N2O5S/c1-3-22-14-9-8-11(10-16-14)23(20,21)17(2)13-7-5-4-6-12(13)15(18)19/h4-10H,3H2,1-2H3,(H,18,19). The normalized spacial score (nSPS) is 11.0. The molecule has 1 aromatic heterocycles. The number of benzene rings is 1. The molecule has 0 unspecified atom stereocenters. The molecule has 0 saturated heterocycles. The van der Waals surface area contributed by atoms with Crippen molar-refractivity contribution in [3.63, 3.8) is 0 Å². The van der Waals surface area contributed by atoms with Gasteiger partial charge in [0.25, 0.3) is 10.0 Å². The lowest BCUT2D eigenvalue weighted by Crippen LogP contribution is -2.28. The molecule has 122 valence electrons. The maximum atomic E-state index is 12.6. The number of nitrogens with zero attached hydrogens (tertiary/aromatic N) is 2. The van der Waals surface area contributed by atoms with E-state index in [9.17, 15) is 18.3 Å². The molecule has 2 aromatic rings. The Morgan fingerprint density at radius 3 is 2.52 bits per heavy atom. The molecule has 8 heteroatoms. The molecule has 0 atom stereocenters. The monoisotopic (exact) mass is 336 g/mol. The lowest BCUT2D eigenvalue weighted by molar-refractivity contribution is 0.0698. The Balaban J connectivity index is 2.41. The fourth-order valence-corrected chi connectivity index (χ4v) is 3.13. The SMILES string of the molecule is CCOc1ccc(S(=O)(=O)N(C)c2ccccc2C(=O)O)cn1. The number of sulfonamides is 1. The number of hydrogen-bond donors (Lipinski definition) is 1. The molecule has 2 rings (SSSR count). The van der Waals surface area contributed by atoms with E-state index >= 15 is 0 Å². The van der Waals surface area contributed by atoms with Crippen LogP contribution in [0.1, 0.15) is 17.3 Å². The lowest BCUT2D eigenvalue weighted by Gasteiger charge is -2.21. The highest BCUT2D eigenvalue weighted by Gasteiger charge is 2.25. The van der Waals surface area contributed by atoms with Crippen molar-refractivity contribution >= 4 is 21.7 Å². The van der Waals surface area contributed by atoms with Crippen molar-refractivity contribution in [2.24, 2.45) is 0 Å². The summed E-state index contributed by atoms with van der Waals surface area (Å²) in [6.07, 6.45) is 1.18. The van der Waals surface area contributed by atoms with Crippen molar-refractivity contribution in [3.8, 4) is 5.88 Å². The van der Waals surface area contributed by atoms with Gasteiger partial charge in [-0.1, -0.05) is 12.1 Å². The third kappa shape index (κ3) is 3.42. The summed E-state index contributed by atoms with van der Waals surface area (Å²) in [4.78, 5) is 15.1. The number of aromatic carboxylic acids is 1. The minimum Gasteiger partial charge on any atom is -0.478 e. The Bertz CT molecular complexity index is 803. The van der Waals surface area contributed by atoms with E-state index in [1.165, 1.54) is 43.6 Å². The van der Waals surface area contributed by atoms with Gasteiger partial charge < -0.3 is 9.84 Å². The Labute approximate surface area is 134 Å². The molecule has 23 heavy (non-hydrogen) atoms. The summed E-state index contributed by atoms with van der Waals surface area (Å²) >= 11 is 0. The zero-order valence-corrected chi connectivity index (χ0v) is 13.4. The van der Waals surface area contributed by atoms with Crippen molar-refractivity contribution in [1.82, 2.24) is 4.98 Å². The van der Waals surface area contributed by atoms with Crippen LogP contribution in [-0.4, -0.2) is 38.1 Å². The van der Waals surface area contributed by atoms with E-state index in [0.29, 0.717) is 12.5 Å². The average Bonchev–Trinajstić information content (AvgIpc) is 2.55. The fourth-order valence-electron chi connectivity index (χ4n) is 1.97. The van der Waals surface area contributed by atoms with Crippen LogP contribution in [0.4, 0.5) is 5.69 Å². The molecule has 0 saturated carbocycles. The number of pyridine rings is 1. The zero-order valence-electron chi connectivity index (χ0n) is 12.6. The molecule has 1 heterocycles. The van der Waals surface area contributed by atoms with Gasteiger partial charge in [-0.15, -0.1) is 0 Å². The number of ether oxygens (including phenoxy) is 1. The van der Waals surface area contributed by atoms with Crippen LogP contribution in [0.2, 0.25) is 0 Å². The van der Waals surface area contributed by atoms with Crippen LogP contribution in [0.5, 0.6) is 5.88 Å². The van der Waals surface area contributed by atoms with Gasteiger partial charge in [-0.25, -0.2) is 18.2 Å². The van der Waals surface area contributed by atoms with Crippen LogP contribution in [0.3, 0.4) is 0 Å². The van der Waals surface area contributed by atoms with Crippen LogP contribution < -0.4 is 9.04 Å². The molecule has 0 fully saturated rings. The van der Waals surface area contributed by atoms with Gasteiger partial charge >= 0.3 is 5.97 Å². The number of carbonyl (C=O) groups is 1. The van der Waals surface area contributed by atoms with Gasteiger partial charge in [0.05, 0.1) is 24.1 Å². The molecule has 1 aromatic carbocycles. The number of carboxylic acid groups (broad SMARTS) is 1. The Morgan fingerprint density at radius 2 is 1.96 bits per heavy atom. The van der Waals surface area contributed by atoms with Gasteiger partial charge in [-0.3, -0.25) is 4.31 Å². The molecule has 0 bridgehead atoms. The Kier molecular flexibility index (Phi) is 4.85. The van der Waals surface area contributed by atoms with Gasteiger partial charge in [-0.05, 0) is 25.1 Å². The molecule has 7 nitrogen and oxygen atoms in total. The van der Waals surface area contributed by atoms with E-state index in [0.717, 1.165) is 4.31 Å². The second-order valence-electron chi connectivity index (χ2n) is 4.56. The number of para-hydroxylation sites is 1. The summed E-state index contributed by atoms with van der Waals surface area (Å²) in [6, 6.07) is 8.71. The summed E-state index contributed by atoms with van der Waals surface area (Å²) < 4.78 is 31.4. The fraction of sp³-hybridized carbons (Fsp3) is 0.200. The van der Waals surface area contributed by atoms with Crippen LogP contribution in [0.25, 0.3) is 0 Å². The highest BCUT2D eigenvalue weighted by atomic mass is 32.2. The van der Waals surface area contributed by atoms with Crippen molar-refractivity contribution in [2.45, 2.75) is 11.8 Å². The summed E-state index contributed by atoms with van der Waals surface area (Å²) in [5, 5.41) is 9.20. The van der Waals surface area contributed by atoms with Crippen molar-refractivity contribution in [1.29, 1.82) is 0 Å². The summed E-state index contributed by atoms with van der Waals surface area (Å²) in [5.74, 6) is -0.882. The lowest BCUT2D eigenvalue weighted by atomic mass is 10.2. The summed E-state index contributed by atoms with van der Waals surface area (Å²) in [5.41, 5.74) is -0.0219. The van der Waals surface area contributed by atoms with E-state index in [1.807, 2.05) is 0 Å². The first-order chi connectivity index (χ1) is 10.9. The second kappa shape index (κ2) is 6.66. The molecule has 0 radical (unpaired) electrons. The minimum absolute atomic E-state index is 0.0522. The number of carboxylic acids is 1. The molecule has 1 N–H and O–H groups in total. The van der Waals surface area contributed by atoms with Crippen molar-refractivity contribution in [3.05, 3.63) is 48.2 Å². The summed E-state index contributed by atoms with van der Waals surface area (Å²) in [6.45, 7) is 2.22. The van der Waals surface area contributed by atoms with E-state index in [1.54, 1.807) is 13.0 Å². The number of aromatic nitrogens is 1. The minimum atomic E-state index is -3.93. The van der Waals surface area contributed by atoms with Crippen molar-refractivity contribution in [2.75, 3.05) is 18.0 Å². The maximum absolute atomic E-state index is 12.6. The molecule has 0 aliphatic carbocycles. The average molecular weight is 336 g/mol. The topological polar surface area (TPSA) is 96.8 Å². The first kappa shape index (κ1) is 16.8. The van der Waals surface area contributed by atoms with Crippen LogP contribution in [-0.2, 0) is 10.0 Å². The maximum Gasteiger partial charge on any atom is 0.337 e. The van der Waals surface area contributed by atoms with Gasteiger partial charge in [0, 0.05) is 13.1 Å². The van der Waals surface area contributed by atoms with Gasteiger partial charge in [0.2, 0.25) is 5.88 Å². The molecular weight excluding hydrogens is 320 g/mol. The molecule has 0 aliphatic rings. The van der Waals surface area contributed by atoms with Gasteiger partial charge in [-0.2, -0.15) is 0 Å². The predicted octanol–water partition coefficient (Wildman–Crippen LogP) is 2.00. The highest BCUT2D eigenvalue weighted by Crippen LogP contribution is 2.25. The molecule has 0 aliphatic heterocycles. The van der Waals surface area contributed by atoms with Crippen LogP contribution >= 0.6 is 0 Å². The van der Waals surface area contributed by atoms with Gasteiger partial charge in [0.1, 0.15) is 4.90 Å². The predicted molar refractivity (Wildman–Crippen MR) is 84.4 cm³/mol. The zero-order chi connectivity index (χ0) is 17.0. The third-order valence-corrected chi connectivity index (χ3v) is 4.89. The summed E-state index contributed by atoms with van der Waals surface area (Å²) in [7, 11) is -2.63. The Morgan fingerprint density at radius 1 is 1.26 bits per heavy atom. The number of hydrogen-bond acceptors (Lipinski definition) is 5. The van der Waals surface area contributed by atoms with Gasteiger partial charge in [0.15, 0.2) is 0 Å². The largest absolute Gasteiger partial charge is 0.478 e. The number of anilines is 1. The highest BCUT2D eigenvalue weighted by molar-refractivity contribution is 7.92. The van der Waals surface area contributed by atoms with E-state index in [2.05, 4.69) is 4.98 Å². The Hall–Kier alpha value is -2.61. The van der Waals surface area contributed by atoms with E-state index in [-0.39, 0.29) is 16.1 Å². The van der Waals surface area contributed by atoms with Crippen molar-refractivity contribution < 1.29 is 23.1 Å². The number of rotatable bonds is 6. The molecule has 0 spiro atoms.